The summed E-state index contributed by atoms with van der Waals surface area (Å²) in [6, 6.07) is 5.84. The van der Waals surface area contributed by atoms with Gasteiger partial charge in [-0.3, -0.25) is 10.1 Å². The van der Waals surface area contributed by atoms with Crippen molar-refractivity contribution in [2.24, 2.45) is 0 Å². The number of nitro groups is 1. The summed E-state index contributed by atoms with van der Waals surface area (Å²) < 4.78 is 6.88. The van der Waals surface area contributed by atoms with Crippen LogP contribution in [0.2, 0.25) is 5.15 Å². The Hall–Kier alpha value is -3.60. The lowest BCUT2D eigenvalue weighted by Crippen LogP contribution is -2.23. The van der Waals surface area contributed by atoms with Crippen molar-refractivity contribution in [3.63, 3.8) is 0 Å². The van der Waals surface area contributed by atoms with E-state index in [2.05, 4.69) is 20.7 Å². The number of pyridine rings is 1. The van der Waals surface area contributed by atoms with Crippen molar-refractivity contribution in [3.05, 3.63) is 45.7 Å². The van der Waals surface area contributed by atoms with E-state index < -0.39 is 11.0 Å². The number of benzene rings is 1. The number of aromatic nitrogens is 3. The smallest absolute Gasteiger partial charge is 0.404 e. The SMILES string of the molecule is COc1cc([N+](=O)[O-])ccc1-n1nc(NCCCNC(=O)O)c2cnc(Cl)cc21. The summed E-state index contributed by atoms with van der Waals surface area (Å²) in [5.41, 5.74) is 1.01. The summed E-state index contributed by atoms with van der Waals surface area (Å²) in [6.07, 6.45) is 1.03. The van der Waals surface area contributed by atoms with Gasteiger partial charge in [-0.15, -0.1) is 5.10 Å². The fraction of sp³-hybridized carbons (Fsp3) is 0.235. The Morgan fingerprint density at radius 2 is 2.17 bits per heavy atom. The first-order valence-electron chi connectivity index (χ1n) is 8.48. The number of fused-ring (bicyclic) bond motifs is 1. The largest absolute Gasteiger partial charge is 0.494 e. The fourth-order valence-electron chi connectivity index (χ4n) is 2.75. The second-order valence-corrected chi connectivity index (χ2v) is 6.30. The number of hydrogen-bond acceptors (Lipinski definition) is 7. The highest BCUT2D eigenvalue weighted by Gasteiger charge is 2.18. The monoisotopic (exact) mass is 420 g/mol. The molecule has 3 N–H and O–H groups in total. The van der Waals surface area contributed by atoms with E-state index in [4.69, 9.17) is 21.4 Å². The molecule has 29 heavy (non-hydrogen) atoms. The molecule has 0 spiro atoms. The van der Waals surface area contributed by atoms with Crippen molar-refractivity contribution in [2.75, 3.05) is 25.5 Å². The van der Waals surface area contributed by atoms with Gasteiger partial charge in [-0.25, -0.2) is 14.5 Å². The van der Waals surface area contributed by atoms with Crippen LogP contribution >= 0.6 is 11.6 Å². The summed E-state index contributed by atoms with van der Waals surface area (Å²) in [7, 11) is 1.41. The van der Waals surface area contributed by atoms with E-state index in [1.165, 1.54) is 25.3 Å². The summed E-state index contributed by atoms with van der Waals surface area (Å²) >= 11 is 6.05. The van der Waals surface area contributed by atoms with Crippen molar-refractivity contribution < 1.29 is 19.6 Å². The van der Waals surface area contributed by atoms with Crippen LogP contribution in [0.15, 0.2) is 30.5 Å². The van der Waals surface area contributed by atoms with E-state index in [1.54, 1.807) is 16.9 Å². The average molecular weight is 421 g/mol. The molecule has 12 heteroatoms. The number of non-ortho nitro benzene ring substituents is 1. The van der Waals surface area contributed by atoms with Crippen LogP contribution in [0.4, 0.5) is 16.3 Å². The first kappa shape index (κ1) is 20.1. The second kappa shape index (κ2) is 8.61. The van der Waals surface area contributed by atoms with Gasteiger partial charge < -0.3 is 20.5 Å². The lowest BCUT2D eigenvalue weighted by Gasteiger charge is -2.09. The molecule has 3 rings (SSSR count). The van der Waals surface area contributed by atoms with E-state index >= 15 is 0 Å². The number of anilines is 1. The van der Waals surface area contributed by atoms with Crippen LogP contribution in [0.1, 0.15) is 6.42 Å². The molecular weight excluding hydrogens is 404 g/mol. The maximum Gasteiger partial charge on any atom is 0.404 e. The van der Waals surface area contributed by atoms with Crippen LogP contribution in [-0.4, -0.2) is 51.1 Å². The Morgan fingerprint density at radius 3 is 2.86 bits per heavy atom. The van der Waals surface area contributed by atoms with Crippen LogP contribution < -0.4 is 15.4 Å². The van der Waals surface area contributed by atoms with Crippen LogP contribution in [0.3, 0.4) is 0 Å². The minimum Gasteiger partial charge on any atom is -0.494 e. The summed E-state index contributed by atoms with van der Waals surface area (Å²) in [4.78, 5) is 25.1. The van der Waals surface area contributed by atoms with Crippen LogP contribution in [0.5, 0.6) is 5.75 Å². The number of nitrogens with zero attached hydrogens (tertiary/aromatic N) is 4. The third-order valence-corrected chi connectivity index (χ3v) is 4.26. The molecule has 3 aromatic rings. The van der Waals surface area contributed by atoms with Gasteiger partial charge >= 0.3 is 6.09 Å². The Morgan fingerprint density at radius 1 is 1.38 bits per heavy atom. The molecule has 0 bridgehead atoms. The number of hydrogen-bond donors (Lipinski definition) is 3. The number of carboxylic acid groups (broad SMARTS) is 1. The topological polar surface area (TPSA) is 144 Å². The standard InChI is InChI=1S/C17H17ClN6O5/c1-29-14-7-10(24(27)28)3-4-12(14)23-13-8-15(18)21-9-11(13)16(22-23)19-5-2-6-20-17(25)26/h3-4,7-9,20H,2,5-6H2,1H3,(H,19,22)(H,25,26). The molecule has 1 aromatic carbocycles. The quantitative estimate of drug-likeness (QED) is 0.218. The second-order valence-electron chi connectivity index (χ2n) is 5.91. The number of carbonyl (C=O) groups is 1. The number of amides is 1. The highest BCUT2D eigenvalue weighted by Crippen LogP contribution is 2.33. The predicted octanol–water partition coefficient (Wildman–Crippen LogP) is 3.06. The number of methoxy groups -OCH3 is 1. The lowest BCUT2D eigenvalue weighted by molar-refractivity contribution is -0.384. The number of ether oxygens (including phenoxy) is 1. The molecule has 11 nitrogen and oxygen atoms in total. The van der Waals surface area contributed by atoms with Gasteiger partial charge in [0.05, 0.1) is 29.0 Å². The Kier molecular flexibility index (Phi) is 5.98. The predicted molar refractivity (Wildman–Crippen MR) is 106 cm³/mol. The van der Waals surface area contributed by atoms with Crippen molar-refractivity contribution in [1.29, 1.82) is 0 Å². The highest BCUT2D eigenvalue weighted by atomic mass is 35.5. The molecule has 2 aromatic heterocycles. The maximum absolute atomic E-state index is 11.0. The van der Waals surface area contributed by atoms with Gasteiger partial charge in [0.2, 0.25) is 0 Å². The van der Waals surface area contributed by atoms with Gasteiger partial charge in [0.25, 0.3) is 5.69 Å². The molecule has 0 aliphatic carbocycles. The minimum absolute atomic E-state index is 0.106. The number of rotatable bonds is 8. The third-order valence-electron chi connectivity index (χ3n) is 4.06. The average Bonchev–Trinajstić information content (AvgIpc) is 3.04. The van der Waals surface area contributed by atoms with E-state index in [-0.39, 0.29) is 16.6 Å². The van der Waals surface area contributed by atoms with Gasteiger partial charge in [0.1, 0.15) is 10.8 Å². The van der Waals surface area contributed by atoms with Gasteiger partial charge in [0.15, 0.2) is 11.6 Å². The molecule has 2 heterocycles. The zero-order chi connectivity index (χ0) is 21.0. The molecule has 0 aliphatic heterocycles. The normalized spacial score (nSPS) is 10.7. The fourth-order valence-corrected chi connectivity index (χ4v) is 2.90. The lowest BCUT2D eigenvalue weighted by atomic mass is 10.2. The Labute approximate surface area is 169 Å². The summed E-state index contributed by atoms with van der Waals surface area (Å²) in [5.74, 6) is 0.786. The van der Waals surface area contributed by atoms with E-state index in [0.717, 1.165) is 0 Å². The van der Waals surface area contributed by atoms with Crippen molar-refractivity contribution in [1.82, 2.24) is 20.1 Å². The highest BCUT2D eigenvalue weighted by molar-refractivity contribution is 6.30. The molecular formula is C17H17ClN6O5. The molecule has 0 aliphatic rings. The summed E-state index contributed by atoms with van der Waals surface area (Å²) in [5, 5.41) is 30.6. The van der Waals surface area contributed by atoms with Gasteiger partial charge in [-0.1, -0.05) is 11.6 Å². The molecule has 0 saturated heterocycles. The van der Waals surface area contributed by atoms with Crippen LogP contribution in [0.25, 0.3) is 16.6 Å². The van der Waals surface area contributed by atoms with Crippen LogP contribution in [-0.2, 0) is 0 Å². The molecule has 0 unspecified atom stereocenters. The van der Waals surface area contributed by atoms with Gasteiger partial charge in [0, 0.05) is 31.4 Å². The Bertz CT molecular complexity index is 1070. The van der Waals surface area contributed by atoms with E-state index in [1.807, 2.05) is 0 Å². The van der Waals surface area contributed by atoms with Crippen LogP contribution in [0, 0.1) is 10.1 Å². The molecule has 0 atom stereocenters. The van der Waals surface area contributed by atoms with E-state index in [9.17, 15) is 14.9 Å². The third kappa shape index (κ3) is 4.46. The first-order chi connectivity index (χ1) is 13.9. The molecule has 1 amide bonds. The number of halogens is 1. The molecule has 152 valence electrons. The Balaban J connectivity index is 1.97. The van der Waals surface area contributed by atoms with Gasteiger partial charge in [-0.05, 0) is 12.5 Å². The maximum atomic E-state index is 11.0. The van der Waals surface area contributed by atoms with Gasteiger partial charge in [-0.2, -0.15) is 0 Å². The zero-order valence-corrected chi connectivity index (χ0v) is 16.0. The van der Waals surface area contributed by atoms with Crippen molar-refractivity contribution in [3.8, 4) is 11.4 Å². The summed E-state index contributed by atoms with van der Waals surface area (Å²) in [6.45, 7) is 0.758. The zero-order valence-electron chi connectivity index (χ0n) is 15.3. The first-order valence-corrected chi connectivity index (χ1v) is 8.86. The minimum atomic E-state index is -1.08. The molecule has 0 fully saturated rings. The van der Waals surface area contributed by atoms with Crippen molar-refractivity contribution in [2.45, 2.75) is 6.42 Å². The number of nitro benzene ring substituents is 1. The number of nitrogens with one attached hydrogen (secondary N) is 2. The van der Waals surface area contributed by atoms with E-state index in [0.29, 0.717) is 41.9 Å². The van der Waals surface area contributed by atoms with Crippen molar-refractivity contribution >= 4 is 40.1 Å². The molecule has 0 saturated carbocycles. The molecule has 0 radical (unpaired) electrons.